The summed E-state index contributed by atoms with van der Waals surface area (Å²) in [6.45, 7) is 3.79. The monoisotopic (exact) mass is 310 g/mol. The van der Waals surface area contributed by atoms with Gasteiger partial charge in [0.15, 0.2) is 0 Å². The largest absolute Gasteiger partial charge is 0.395 e. The van der Waals surface area contributed by atoms with Crippen LogP contribution in [0.2, 0.25) is 0 Å². The number of aliphatic hydroxyl groups is 1. The van der Waals surface area contributed by atoms with Gasteiger partial charge in [-0.1, -0.05) is 13.8 Å². The Balaban J connectivity index is 2.65. The molecule has 4 nitrogen and oxygen atoms in total. The number of rotatable bonds is 6. The summed E-state index contributed by atoms with van der Waals surface area (Å²) in [4.78, 5) is 14.1. The number of nitrogens with zero attached hydrogens (tertiary/aromatic N) is 1. The van der Waals surface area contributed by atoms with Crippen LogP contribution in [0, 0.1) is 5.92 Å². The van der Waals surface area contributed by atoms with Crippen LogP contribution < -0.4 is 5.32 Å². The van der Waals surface area contributed by atoms with Crippen LogP contribution >= 0.6 is 0 Å². The lowest BCUT2D eigenvalue weighted by Gasteiger charge is -2.36. The second-order valence-electron chi connectivity index (χ2n) is 5.50. The number of alkyl halides is 3. The number of carbonyl (C=O) groups excluding carboxylic acids is 1. The lowest BCUT2D eigenvalue weighted by atomic mass is 9.93. The number of amides is 1. The van der Waals surface area contributed by atoms with Crippen molar-refractivity contribution in [2.45, 2.75) is 57.8 Å². The molecule has 1 fully saturated rings. The minimum Gasteiger partial charge on any atom is -0.395 e. The topological polar surface area (TPSA) is 52.6 Å². The predicted molar refractivity (Wildman–Crippen MR) is 73.7 cm³/mol. The minimum atomic E-state index is -4.21. The number of piperidine rings is 1. The lowest BCUT2D eigenvalue weighted by Crippen LogP contribution is -2.55. The second-order valence-corrected chi connectivity index (χ2v) is 5.50. The van der Waals surface area contributed by atoms with Crippen molar-refractivity contribution >= 4 is 5.91 Å². The summed E-state index contributed by atoms with van der Waals surface area (Å²) in [6, 6.07) is -0.553. The van der Waals surface area contributed by atoms with E-state index in [0.29, 0.717) is 0 Å². The van der Waals surface area contributed by atoms with Crippen LogP contribution in [0.5, 0.6) is 0 Å². The van der Waals surface area contributed by atoms with E-state index in [1.54, 1.807) is 4.90 Å². The van der Waals surface area contributed by atoms with Gasteiger partial charge in [0.1, 0.15) is 0 Å². The van der Waals surface area contributed by atoms with Crippen LogP contribution in [-0.4, -0.2) is 53.9 Å². The Morgan fingerprint density at radius 2 is 1.95 bits per heavy atom. The molecular formula is C14H25F3N2O2. The first-order valence-corrected chi connectivity index (χ1v) is 7.56. The van der Waals surface area contributed by atoms with Crippen molar-refractivity contribution in [1.29, 1.82) is 0 Å². The zero-order valence-electron chi connectivity index (χ0n) is 12.6. The maximum absolute atomic E-state index is 12.6. The molecule has 0 saturated carbocycles. The van der Waals surface area contributed by atoms with Crippen molar-refractivity contribution in [2.24, 2.45) is 5.92 Å². The van der Waals surface area contributed by atoms with Gasteiger partial charge in [-0.2, -0.15) is 13.2 Å². The highest BCUT2D eigenvalue weighted by Gasteiger charge is 2.43. The third kappa shape index (κ3) is 4.85. The summed E-state index contributed by atoms with van der Waals surface area (Å²) in [5.41, 5.74) is 0. The molecule has 7 heteroatoms. The SMILES string of the molecule is CCC(CC)N(CCO)C(=O)C1CCC(C(F)(F)F)CN1. The van der Waals surface area contributed by atoms with Crippen molar-refractivity contribution in [3.63, 3.8) is 0 Å². The minimum absolute atomic E-state index is 0.0202. The van der Waals surface area contributed by atoms with E-state index in [9.17, 15) is 18.0 Å². The highest BCUT2D eigenvalue weighted by molar-refractivity contribution is 5.82. The highest BCUT2D eigenvalue weighted by atomic mass is 19.4. The molecule has 21 heavy (non-hydrogen) atoms. The molecule has 2 atom stereocenters. The normalized spacial score (nSPS) is 23.4. The van der Waals surface area contributed by atoms with Crippen LogP contribution in [0.15, 0.2) is 0 Å². The molecule has 0 bridgehead atoms. The van der Waals surface area contributed by atoms with E-state index in [1.807, 2.05) is 13.8 Å². The van der Waals surface area contributed by atoms with Gasteiger partial charge in [0.05, 0.1) is 18.6 Å². The molecule has 0 aromatic heterocycles. The molecular weight excluding hydrogens is 285 g/mol. The fourth-order valence-electron chi connectivity index (χ4n) is 2.86. The van der Waals surface area contributed by atoms with Gasteiger partial charge in [0, 0.05) is 19.1 Å². The molecule has 0 spiro atoms. The molecule has 0 radical (unpaired) electrons. The number of aliphatic hydroxyl groups excluding tert-OH is 1. The molecule has 0 aliphatic carbocycles. The van der Waals surface area contributed by atoms with Gasteiger partial charge in [0.2, 0.25) is 5.91 Å². The standard InChI is InChI=1S/C14H25F3N2O2/c1-3-11(4-2)19(7-8-20)13(21)12-6-5-10(9-18-12)14(15,16)17/h10-12,18,20H,3-9H2,1-2H3. The average molecular weight is 310 g/mol. The van der Waals surface area contributed by atoms with E-state index in [-0.39, 0.29) is 44.5 Å². The molecule has 1 heterocycles. The Morgan fingerprint density at radius 1 is 1.33 bits per heavy atom. The first kappa shape index (κ1) is 18.2. The molecule has 0 aromatic carbocycles. The van der Waals surface area contributed by atoms with Crippen molar-refractivity contribution in [3.8, 4) is 0 Å². The lowest BCUT2D eigenvalue weighted by molar-refractivity contribution is -0.181. The molecule has 2 N–H and O–H groups in total. The molecule has 0 aromatic rings. The third-order valence-corrected chi connectivity index (χ3v) is 4.18. The Bertz CT molecular complexity index is 325. The third-order valence-electron chi connectivity index (χ3n) is 4.18. The van der Waals surface area contributed by atoms with Crippen LogP contribution in [0.1, 0.15) is 39.5 Å². The average Bonchev–Trinajstić information content (AvgIpc) is 2.46. The fourth-order valence-corrected chi connectivity index (χ4v) is 2.86. The van der Waals surface area contributed by atoms with Crippen molar-refractivity contribution in [2.75, 3.05) is 19.7 Å². The van der Waals surface area contributed by atoms with Gasteiger partial charge in [0.25, 0.3) is 0 Å². The summed E-state index contributed by atoms with van der Waals surface area (Å²) < 4.78 is 37.9. The Hall–Kier alpha value is -0.820. The molecule has 1 saturated heterocycles. The second kappa shape index (κ2) is 7.98. The first-order valence-electron chi connectivity index (χ1n) is 7.56. The van der Waals surface area contributed by atoms with Crippen LogP contribution in [0.3, 0.4) is 0 Å². The van der Waals surface area contributed by atoms with Gasteiger partial charge < -0.3 is 15.3 Å². The van der Waals surface area contributed by atoms with E-state index < -0.39 is 18.1 Å². The molecule has 1 aliphatic rings. The van der Waals surface area contributed by atoms with Gasteiger partial charge in [-0.25, -0.2) is 0 Å². The quantitative estimate of drug-likeness (QED) is 0.788. The predicted octanol–water partition coefficient (Wildman–Crippen LogP) is 1.93. The van der Waals surface area contributed by atoms with E-state index in [1.165, 1.54) is 0 Å². The Kier molecular flexibility index (Phi) is 6.93. The van der Waals surface area contributed by atoms with Gasteiger partial charge in [-0.3, -0.25) is 4.79 Å². The zero-order chi connectivity index (χ0) is 16.0. The summed E-state index contributed by atoms with van der Waals surface area (Å²) >= 11 is 0. The number of hydrogen-bond acceptors (Lipinski definition) is 3. The molecule has 1 amide bonds. The van der Waals surface area contributed by atoms with Crippen LogP contribution in [0.4, 0.5) is 13.2 Å². The number of nitrogens with one attached hydrogen (secondary N) is 1. The highest BCUT2D eigenvalue weighted by Crippen LogP contribution is 2.32. The summed E-state index contributed by atoms with van der Waals surface area (Å²) in [6.07, 6.45) is -2.52. The van der Waals surface area contributed by atoms with Gasteiger partial charge >= 0.3 is 6.18 Å². The molecule has 2 unspecified atom stereocenters. The Labute approximate surface area is 123 Å². The first-order chi connectivity index (χ1) is 9.85. The van der Waals surface area contributed by atoms with E-state index in [2.05, 4.69) is 5.32 Å². The van der Waals surface area contributed by atoms with Gasteiger partial charge in [-0.05, 0) is 25.7 Å². The number of hydrogen-bond donors (Lipinski definition) is 2. The number of carbonyl (C=O) groups is 1. The maximum atomic E-state index is 12.6. The van der Waals surface area contributed by atoms with Crippen LogP contribution in [-0.2, 0) is 4.79 Å². The van der Waals surface area contributed by atoms with Gasteiger partial charge in [-0.15, -0.1) is 0 Å². The molecule has 124 valence electrons. The molecule has 1 aliphatic heterocycles. The molecule has 1 rings (SSSR count). The summed E-state index contributed by atoms with van der Waals surface area (Å²) in [5.74, 6) is -1.57. The fraction of sp³-hybridized carbons (Fsp3) is 0.929. The van der Waals surface area contributed by atoms with E-state index in [0.717, 1.165) is 12.8 Å². The van der Waals surface area contributed by atoms with Crippen LogP contribution in [0.25, 0.3) is 0 Å². The smallest absolute Gasteiger partial charge is 0.393 e. The van der Waals surface area contributed by atoms with Crippen molar-refractivity contribution in [3.05, 3.63) is 0 Å². The summed E-state index contributed by atoms with van der Waals surface area (Å²) in [5, 5.41) is 11.8. The Morgan fingerprint density at radius 3 is 2.33 bits per heavy atom. The van der Waals surface area contributed by atoms with Crippen molar-refractivity contribution < 1.29 is 23.1 Å². The summed E-state index contributed by atoms with van der Waals surface area (Å²) in [7, 11) is 0. The zero-order valence-corrected chi connectivity index (χ0v) is 12.6. The van der Waals surface area contributed by atoms with E-state index in [4.69, 9.17) is 5.11 Å². The van der Waals surface area contributed by atoms with E-state index >= 15 is 0 Å². The number of halogens is 3. The van der Waals surface area contributed by atoms with Crippen molar-refractivity contribution in [1.82, 2.24) is 10.2 Å². The maximum Gasteiger partial charge on any atom is 0.393 e.